The number of carbonyl (C=O) groups excluding carboxylic acids is 2. The number of aliphatic hydroxyl groups excluding tert-OH is 2. The summed E-state index contributed by atoms with van der Waals surface area (Å²) in [7, 11) is 0. The Morgan fingerprint density at radius 3 is 1.29 bits per heavy atom. The number of hydrogen-bond acceptors (Lipinski definition) is 5. The molecule has 0 aliphatic carbocycles. The molecule has 0 aromatic carbocycles. The zero-order chi connectivity index (χ0) is 47.2. The number of hydrogen-bond donors (Lipinski definition) is 3. The molecule has 0 bridgehead atoms. The second-order valence-corrected chi connectivity index (χ2v) is 18.9. The average molecular weight is 911 g/mol. The normalized spacial score (nSPS) is 13.1. The van der Waals surface area contributed by atoms with Gasteiger partial charge in [-0.2, -0.15) is 0 Å². The fraction of sp³-hybridized carbons (Fsp3) is 0.797. The van der Waals surface area contributed by atoms with E-state index in [0.29, 0.717) is 19.4 Å². The van der Waals surface area contributed by atoms with Crippen LogP contribution in [0.3, 0.4) is 0 Å². The Hall–Kier alpha value is -2.44. The van der Waals surface area contributed by atoms with Gasteiger partial charge in [0.05, 0.1) is 25.4 Å². The third-order valence-corrected chi connectivity index (χ3v) is 12.5. The molecular formula is C59H107NO5. The summed E-state index contributed by atoms with van der Waals surface area (Å²) in [6.07, 6.45) is 69.5. The van der Waals surface area contributed by atoms with Crippen molar-refractivity contribution in [2.24, 2.45) is 0 Å². The van der Waals surface area contributed by atoms with Gasteiger partial charge in [-0.3, -0.25) is 9.59 Å². The highest BCUT2D eigenvalue weighted by Crippen LogP contribution is 2.15. The van der Waals surface area contributed by atoms with E-state index >= 15 is 0 Å². The Balaban J connectivity index is 3.50. The van der Waals surface area contributed by atoms with Crippen LogP contribution in [0.4, 0.5) is 0 Å². The van der Waals surface area contributed by atoms with Crippen molar-refractivity contribution in [2.75, 3.05) is 13.2 Å². The lowest BCUT2D eigenvalue weighted by Crippen LogP contribution is -2.45. The summed E-state index contributed by atoms with van der Waals surface area (Å²) in [5.74, 6) is -0.103. The van der Waals surface area contributed by atoms with E-state index in [2.05, 4.69) is 67.8 Å². The van der Waals surface area contributed by atoms with Crippen molar-refractivity contribution in [1.29, 1.82) is 0 Å². The minimum atomic E-state index is -0.851. The van der Waals surface area contributed by atoms with Crippen LogP contribution in [0.15, 0.2) is 60.8 Å². The first-order chi connectivity index (χ1) is 32.0. The van der Waals surface area contributed by atoms with Crippen LogP contribution in [0.2, 0.25) is 0 Å². The fourth-order valence-electron chi connectivity index (χ4n) is 8.18. The summed E-state index contributed by atoms with van der Waals surface area (Å²) in [6, 6.07) is -0.636. The molecule has 0 spiro atoms. The molecule has 0 radical (unpaired) electrons. The third-order valence-electron chi connectivity index (χ3n) is 12.5. The number of allylic oxidation sites excluding steroid dienone is 9. The van der Waals surface area contributed by atoms with Crippen molar-refractivity contribution in [3.05, 3.63) is 60.8 Å². The first kappa shape index (κ1) is 62.6. The van der Waals surface area contributed by atoms with E-state index in [-0.39, 0.29) is 18.5 Å². The second-order valence-electron chi connectivity index (χ2n) is 18.9. The number of nitrogens with one attached hydrogen (secondary N) is 1. The first-order valence-corrected chi connectivity index (χ1v) is 28.1. The molecule has 378 valence electrons. The Morgan fingerprint density at radius 1 is 0.446 bits per heavy atom. The number of unbranched alkanes of at least 4 members (excludes halogenated alkanes) is 33. The highest BCUT2D eigenvalue weighted by molar-refractivity contribution is 5.76. The number of ether oxygens (including phenoxy) is 1. The van der Waals surface area contributed by atoms with E-state index in [4.69, 9.17) is 4.74 Å². The highest BCUT2D eigenvalue weighted by atomic mass is 16.5. The zero-order valence-electron chi connectivity index (χ0n) is 43.0. The van der Waals surface area contributed by atoms with Crippen molar-refractivity contribution < 1.29 is 24.5 Å². The van der Waals surface area contributed by atoms with Gasteiger partial charge < -0.3 is 20.3 Å². The number of amides is 1. The van der Waals surface area contributed by atoms with Crippen LogP contribution in [-0.4, -0.2) is 47.4 Å². The summed E-state index contributed by atoms with van der Waals surface area (Å²) in [4.78, 5) is 24.5. The van der Waals surface area contributed by atoms with E-state index in [0.717, 1.165) is 83.5 Å². The second kappa shape index (κ2) is 54.2. The average Bonchev–Trinajstić information content (AvgIpc) is 3.31. The molecule has 0 aliphatic rings. The van der Waals surface area contributed by atoms with E-state index in [1.165, 1.54) is 167 Å². The zero-order valence-corrected chi connectivity index (χ0v) is 43.0. The van der Waals surface area contributed by atoms with Crippen LogP contribution in [-0.2, 0) is 14.3 Å². The number of rotatable bonds is 51. The third kappa shape index (κ3) is 50.8. The number of aliphatic hydroxyl groups is 2. The van der Waals surface area contributed by atoms with Gasteiger partial charge >= 0.3 is 5.97 Å². The van der Waals surface area contributed by atoms with Crippen molar-refractivity contribution in [2.45, 2.75) is 289 Å². The predicted molar refractivity (Wildman–Crippen MR) is 282 cm³/mol. The molecule has 0 aliphatic heterocycles. The maximum atomic E-state index is 12.4. The molecule has 0 aromatic rings. The molecule has 6 heteroatoms. The first-order valence-electron chi connectivity index (χ1n) is 28.1. The molecule has 0 aromatic heterocycles. The molecule has 0 saturated heterocycles. The predicted octanol–water partition coefficient (Wildman–Crippen LogP) is 17.2. The van der Waals surface area contributed by atoms with Crippen LogP contribution >= 0.6 is 0 Å². The molecule has 1 amide bonds. The highest BCUT2D eigenvalue weighted by Gasteiger charge is 2.18. The number of esters is 1. The largest absolute Gasteiger partial charge is 0.466 e. The van der Waals surface area contributed by atoms with Crippen LogP contribution in [0.25, 0.3) is 0 Å². The van der Waals surface area contributed by atoms with Gasteiger partial charge in [0.2, 0.25) is 5.91 Å². The Kier molecular flexibility index (Phi) is 52.1. The van der Waals surface area contributed by atoms with Crippen LogP contribution < -0.4 is 5.32 Å². The quantitative estimate of drug-likeness (QED) is 0.0245. The maximum absolute atomic E-state index is 12.4. The van der Waals surface area contributed by atoms with Crippen molar-refractivity contribution >= 4 is 11.9 Å². The van der Waals surface area contributed by atoms with E-state index in [1.54, 1.807) is 6.08 Å². The summed E-state index contributed by atoms with van der Waals surface area (Å²) in [5.41, 5.74) is 0. The maximum Gasteiger partial charge on any atom is 0.305 e. The lowest BCUT2D eigenvalue weighted by atomic mass is 10.0. The van der Waals surface area contributed by atoms with E-state index in [1.807, 2.05) is 6.08 Å². The molecular weight excluding hydrogens is 803 g/mol. The summed E-state index contributed by atoms with van der Waals surface area (Å²) < 4.78 is 5.45. The monoisotopic (exact) mass is 910 g/mol. The van der Waals surface area contributed by atoms with Crippen molar-refractivity contribution in [1.82, 2.24) is 5.32 Å². The molecule has 65 heavy (non-hydrogen) atoms. The lowest BCUT2D eigenvalue weighted by molar-refractivity contribution is -0.143. The molecule has 0 saturated carbocycles. The van der Waals surface area contributed by atoms with Crippen molar-refractivity contribution in [3.8, 4) is 0 Å². The Labute approximate surface area is 403 Å². The van der Waals surface area contributed by atoms with Gasteiger partial charge in [0, 0.05) is 12.8 Å². The standard InChI is InChI=1S/C59H107NO5/c1-3-5-7-9-11-13-15-17-18-22-26-29-33-37-41-45-49-53-59(64)65-54-50-46-42-38-34-30-27-24-21-19-20-23-25-28-32-36-40-44-48-52-58(63)60-56(55-61)57(62)51-47-43-39-35-31-16-14-12-10-8-6-4-2/h11,13,17-18,24,27,30,34,47,51,56-57,61-62H,3-10,12,14-16,19-23,25-26,28-29,31-33,35-46,48-50,52-55H2,1-2H3,(H,60,63)/b13-11-,18-17-,27-24-,34-30-,51-47+. The lowest BCUT2D eigenvalue weighted by Gasteiger charge is -2.20. The topological polar surface area (TPSA) is 95.9 Å². The molecule has 2 atom stereocenters. The van der Waals surface area contributed by atoms with Gasteiger partial charge in [0.15, 0.2) is 0 Å². The minimum Gasteiger partial charge on any atom is -0.466 e. The number of carbonyl (C=O) groups is 2. The van der Waals surface area contributed by atoms with Crippen LogP contribution in [0.5, 0.6) is 0 Å². The molecule has 0 heterocycles. The van der Waals surface area contributed by atoms with Gasteiger partial charge in [0.25, 0.3) is 0 Å². The fourth-order valence-corrected chi connectivity index (χ4v) is 8.18. The molecule has 0 fully saturated rings. The summed E-state index contributed by atoms with van der Waals surface area (Å²) in [6.45, 7) is 4.82. The molecule has 2 unspecified atom stereocenters. The van der Waals surface area contributed by atoms with Gasteiger partial charge in [-0.05, 0) is 96.3 Å². The Morgan fingerprint density at radius 2 is 0.815 bits per heavy atom. The van der Waals surface area contributed by atoms with Crippen LogP contribution in [0, 0.1) is 0 Å². The SMILES string of the molecule is CCCCC/C=C\C/C=C\CCCCCCCCCC(=O)OCCCCC/C=C\C=C/CCCCCCCCCCCCC(=O)NC(CO)C(O)/C=C/CCCCCCCCCCCC. The van der Waals surface area contributed by atoms with E-state index < -0.39 is 12.1 Å². The smallest absolute Gasteiger partial charge is 0.305 e. The van der Waals surface area contributed by atoms with Gasteiger partial charge in [-0.25, -0.2) is 0 Å². The molecule has 0 rings (SSSR count). The molecule has 6 nitrogen and oxygen atoms in total. The van der Waals surface area contributed by atoms with Gasteiger partial charge in [-0.1, -0.05) is 229 Å². The summed E-state index contributed by atoms with van der Waals surface area (Å²) in [5, 5.41) is 23.0. The van der Waals surface area contributed by atoms with Crippen molar-refractivity contribution in [3.63, 3.8) is 0 Å². The van der Waals surface area contributed by atoms with Gasteiger partial charge in [0.1, 0.15) is 0 Å². The van der Waals surface area contributed by atoms with Gasteiger partial charge in [-0.15, -0.1) is 0 Å². The van der Waals surface area contributed by atoms with E-state index in [9.17, 15) is 19.8 Å². The Bertz CT molecular complexity index is 1140. The summed E-state index contributed by atoms with van der Waals surface area (Å²) >= 11 is 0. The molecule has 3 N–H and O–H groups in total. The minimum absolute atomic E-state index is 0.0229. The van der Waals surface area contributed by atoms with Crippen LogP contribution in [0.1, 0.15) is 277 Å².